The van der Waals surface area contributed by atoms with E-state index < -0.39 is 0 Å². The molecule has 0 fully saturated rings. The maximum atomic E-state index is 12.8. The quantitative estimate of drug-likeness (QED) is 0.852. The Balaban J connectivity index is 1.80. The van der Waals surface area contributed by atoms with Gasteiger partial charge in [0.25, 0.3) is 5.91 Å². The summed E-state index contributed by atoms with van der Waals surface area (Å²) in [4.78, 5) is 14.5. The Kier molecular flexibility index (Phi) is 4.94. The number of benzene rings is 2. The van der Waals surface area contributed by atoms with Crippen LogP contribution in [-0.2, 0) is 27.4 Å². The Morgan fingerprint density at radius 2 is 1.43 bits per heavy atom. The van der Waals surface area contributed by atoms with E-state index in [0.29, 0.717) is 26.3 Å². The second kappa shape index (κ2) is 7.49. The van der Waals surface area contributed by atoms with Crippen molar-refractivity contribution in [3.05, 3.63) is 83.8 Å². The number of carbonyl (C=O) groups excluding carboxylic acids is 1. The van der Waals surface area contributed by atoms with Gasteiger partial charge in [-0.3, -0.25) is 4.79 Å². The number of amides is 1. The zero-order valence-electron chi connectivity index (χ0n) is 12.9. The molecule has 0 saturated heterocycles. The first-order chi connectivity index (χ1) is 11.3. The van der Waals surface area contributed by atoms with Crippen molar-refractivity contribution in [2.45, 2.75) is 13.1 Å². The number of rotatable bonds is 5. The summed E-state index contributed by atoms with van der Waals surface area (Å²) in [5.41, 5.74) is 2.16. The molecule has 0 unspecified atom stereocenters. The summed E-state index contributed by atoms with van der Waals surface area (Å²) in [6.07, 6.45) is 1.41. The number of carbonyl (C=O) groups is 1. The van der Waals surface area contributed by atoms with E-state index in [1.807, 2.05) is 60.7 Å². The predicted octanol–water partition coefficient (Wildman–Crippen LogP) is 3.10. The Morgan fingerprint density at radius 1 is 0.870 bits per heavy atom. The molecule has 118 valence electrons. The molecular weight excluding hydrogens is 290 g/mol. The fraction of sp³-hybridized carbons (Fsp3) is 0.211. The minimum Gasteiger partial charge on any atom is -0.494 e. The average molecular weight is 309 g/mol. The van der Waals surface area contributed by atoms with Crippen LogP contribution >= 0.6 is 0 Å². The first-order valence-electron chi connectivity index (χ1n) is 7.64. The zero-order chi connectivity index (χ0) is 15.9. The minimum atomic E-state index is -0.155. The second-order valence-corrected chi connectivity index (χ2v) is 5.33. The third-order valence-electron chi connectivity index (χ3n) is 3.58. The lowest BCUT2D eigenvalue weighted by Gasteiger charge is -2.25. The Labute approximate surface area is 135 Å². The maximum Gasteiger partial charge on any atom is 0.292 e. The minimum absolute atomic E-state index is 0.155. The van der Waals surface area contributed by atoms with E-state index in [-0.39, 0.29) is 11.7 Å². The van der Waals surface area contributed by atoms with Gasteiger partial charge in [0, 0.05) is 13.1 Å². The molecule has 23 heavy (non-hydrogen) atoms. The number of hydrogen-bond donors (Lipinski definition) is 0. The van der Waals surface area contributed by atoms with Gasteiger partial charge in [-0.2, -0.15) is 0 Å². The fourth-order valence-electron chi connectivity index (χ4n) is 2.44. The lowest BCUT2D eigenvalue weighted by atomic mass is 10.1. The second-order valence-electron chi connectivity index (χ2n) is 5.33. The van der Waals surface area contributed by atoms with Gasteiger partial charge in [0.2, 0.25) is 5.76 Å². The molecule has 0 aromatic heterocycles. The van der Waals surface area contributed by atoms with Crippen molar-refractivity contribution < 1.29 is 14.3 Å². The molecule has 0 aliphatic carbocycles. The highest BCUT2D eigenvalue weighted by atomic mass is 16.6. The molecule has 1 aliphatic rings. The third kappa shape index (κ3) is 4.13. The molecule has 0 spiro atoms. The van der Waals surface area contributed by atoms with E-state index in [1.165, 1.54) is 6.26 Å². The molecule has 1 heterocycles. The molecule has 0 N–H and O–H groups in total. The first-order valence-corrected chi connectivity index (χ1v) is 7.64. The van der Waals surface area contributed by atoms with Gasteiger partial charge in [-0.05, 0) is 11.1 Å². The molecule has 0 saturated carbocycles. The fourth-order valence-corrected chi connectivity index (χ4v) is 2.44. The van der Waals surface area contributed by atoms with E-state index >= 15 is 0 Å². The summed E-state index contributed by atoms with van der Waals surface area (Å²) in [6.45, 7) is 1.93. The lowest BCUT2D eigenvalue weighted by Crippen LogP contribution is -2.33. The largest absolute Gasteiger partial charge is 0.494 e. The molecule has 3 rings (SSSR count). The van der Waals surface area contributed by atoms with E-state index in [4.69, 9.17) is 9.47 Å². The number of hydrogen-bond acceptors (Lipinski definition) is 3. The van der Waals surface area contributed by atoms with Crippen molar-refractivity contribution in [1.29, 1.82) is 0 Å². The van der Waals surface area contributed by atoms with Gasteiger partial charge >= 0.3 is 0 Å². The van der Waals surface area contributed by atoms with Gasteiger partial charge in [-0.25, -0.2) is 0 Å². The Hall–Kier alpha value is -2.75. The van der Waals surface area contributed by atoms with Crippen LogP contribution in [0.3, 0.4) is 0 Å². The topological polar surface area (TPSA) is 38.8 Å². The van der Waals surface area contributed by atoms with Gasteiger partial charge < -0.3 is 14.4 Å². The molecule has 4 heteroatoms. The first kappa shape index (κ1) is 15.2. The van der Waals surface area contributed by atoms with Crippen molar-refractivity contribution in [3.8, 4) is 0 Å². The summed E-state index contributed by atoms with van der Waals surface area (Å²) >= 11 is 0. The van der Waals surface area contributed by atoms with E-state index in [2.05, 4.69) is 0 Å². The molecular formula is C19H19NO3. The average Bonchev–Trinajstić information content (AvgIpc) is 2.63. The smallest absolute Gasteiger partial charge is 0.292 e. The SMILES string of the molecule is O=C(C1=COCCO1)N(Cc1ccccc1)Cc1ccccc1. The van der Waals surface area contributed by atoms with Gasteiger partial charge in [-0.1, -0.05) is 60.7 Å². The summed E-state index contributed by atoms with van der Waals surface area (Å²) in [6, 6.07) is 19.9. The van der Waals surface area contributed by atoms with E-state index in [0.717, 1.165) is 11.1 Å². The van der Waals surface area contributed by atoms with Crippen LogP contribution in [-0.4, -0.2) is 24.0 Å². The highest BCUT2D eigenvalue weighted by Crippen LogP contribution is 2.15. The van der Waals surface area contributed by atoms with Crippen LogP contribution < -0.4 is 0 Å². The van der Waals surface area contributed by atoms with Crippen LogP contribution in [0.25, 0.3) is 0 Å². The van der Waals surface area contributed by atoms with Crippen molar-refractivity contribution in [2.75, 3.05) is 13.2 Å². The molecule has 0 radical (unpaired) electrons. The monoisotopic (exact) mass is 309 g/mol. The summed E-state index contributed by atoms with van der Waals surface area (Å²) in [5.74, 6) is 0.112. The summed E-state index contributed by atoms with van der Waals surface area (Å²) in [5, 5.41) is 0. The Morgan fingerprint density at radius 3 is 1.91 bits per heavy atom. The predicted molar refractivity (Wildman–Crippen MR) is 87.1 cm³/mol. The molecule has 0 atom stereocenters. The van der Waals surface area contributed by atoms with Crippen molar-refractivity contribution in [2.24, 2.45) is 0 Å². The zero-order valence-corrected chi connectivity index (χ0v) is 12.9. The lowest BCUT2D eigenvalue weighted by molar-refractivity contribution is -0.133. The van der Waals surface area contributed by atoms with Crippen LogP contribution in [0.1, 0.15) is 11.1 Å². The molecule has 0 bridgehead atoms. The van der Waals surface area contributed by atoms with Gasteiger partial charge in [0.05, 0.1) is 0 Å². The normalized spacial score (nSPS) is 13.5. The van der Waals surface area contributed by atoms with Gasteiger partial charge in [0.1, 0.15) is 19.5 Å². The van der Waals surface area contributed by atoms with Crippen molar-refractivity contribution in [3.63, 3.8) is 0 Å². The summed E-state index contributed by atoms with van der Waals surface area (Å²) in [7, 11) is 0. The highest BCUT2D eigenvalue weighted by Gasteiger charge is 2.22. The number of nitrogens with zero attached hydrogens (tertiary/aromatic N) is 1. The molecule has 2 aromatic carbocycles. The molecule has 1 amide bonds. The van der Waals surface area contributed by atoms with E-state index in [9.17, 15) is 4.79 Å². The van der Waals surface area contributed by atoms with Crippen molar-refractivity contribution >= 4 is 5.91 Å². The van der Waals surface area contributed by atoms with Crippen LogP contribution in [0.5, 0.6) is 0 Å². The highest BCUT2D eigenvalue weighted by molar-refractivity contribution is 5.91. The standard InChI is InChI=1S/C19H19NO3/c21-19(18-15-22-11-12-23-18)20(13-16-7-3-1-4-8-16)14-17-9-5-2-6-10-17/h1-10,15H,11-14H2. The molecule has 2 aromatic rings. The molecule has 1 aliphatic heterocycles. The number of ether oxygens (including phenoxy) is 2. The van der Waals surface area contributed by atoms with Crippen LogP contribution in [0, 0.1) is 0 Å². The molecule has 4 nitrogen and oxygen atoms in total. The maximum absolute atomic E-state index is 12.8. The summed E-state index contributed by atoms with van der Waals surface area (Å²) < 4.78 is 10.7. The van der Waals surface area contributed by atoms with Crippen LogP contribution in [0.4, 0.5) is 0 Å². The van der Waals surface area contributed by atoms with Gasteiger partial charge in [0.15, 0.2) is 0 Å². The van der Waals surface area contributed by atoms with Gasteiger partial charge in [-0.15, -0.1) is 0 Å². The van der Waals surface area contributed by atoms with Crippen LogP contribution in [0.2, 0.25) is 0 Å². The van der Waals surface area contributed by atoms with Crippen molar-refractivity contribution in [1.82, 2.24) is 4.90 Å². The Bertz CT molecular complexity index is 626. The third-order valence-corrected chi connectivity index (χ3v) is 3.58. The van der Waals surface area contributed by atoms with E-state index in [1.54, 1.807) is 4.90 Å². The van der Waals surface area contributed by atoms with Crippen LogP contribution in [0.15, 0.2) is 72.7 Å².